The Kier molecular flexibility index (Phi) is 3.87. The molecule has 5 rings (SSSR count). The van der Waals surface area contributed by atoms with Crippen molar-refractivity contribution in [1.82, 2.24) is 23.9 Å². The van der Waals surface area contributed by atoms with Crippen LogP contribution in [0.1, 0.15) is 22.5 Å². The van der Waals surface area contributed by atoms with Crippen molar-refractivity contribution in [1.29, 1.82) is 0 Å². The zero-order valence-electron chi connectivity index (χ0n) is 14.4. The molecule has 0 radical (unpaired) electrons. The van der Waals surface area contributed by atoms with Gasteiger partial charge < -0.3 is 4.74 Å². The van der Waals surface area contributed by atoms with Crippen molar-refractivity contribution in [3.63, 3.8) is 0 Å². The molecule has 0 bridgehead atoms. The van der Waals surface area contributed by atoms with Gasteiger partial charge in [-0.2, -0.15) is 9.47 Å². The Hall–Kier alpha value is -2.84. The maximum absolute atomic E-state index is 5.32. The molecule has 1 aromatic carbocycles. The Labute approximate surface area is 163 Å². The van der Waals surface area contributed by atoms with Gasteiger partial charge in [-0.05, 0) is 5.56 Å². The highest BCUT2D eigenvalue weighted by Crippen LogP contribution is 2.43. The maximum atomic E-state index is 5.32. The lowest BCUT2D eigenvalue weighted by molar-refractivity contribution is 0.403. The van der Waals surface area contributed by atoms with Gasteiger partial charge in [0.25, 0.3) is 5.88 Å². The number of aromatic amines is 1. The summed E-state index contributed by atoms with van der Waals surface area (Å²) in [5.74, 6) is 0.502. The number of hydrogen-bond donors (Lipinski definition) is 1. The van der Waals surface area contributed by atoms with E-state index < -0.39 is 0 Å². The van der Waals surface area contributed by atoms with Crippen LogP contribution in [0.4, 0.5) is 0 Å². The number of H-pyrrole nitrogens is 1. The first-order chi connectivity index (χ1) is 13.3. The minimum Gasteiger partial charge on any atom is -0.479 e. The summed E-state index contributed by atoms with van der Waals surface area (Å²) in [6.07, 6.45) is 5.09. The number of benzene rings is 1. The number of rotatable bonds is 4. The van der Waals surface area contributed by atoms with Crippen LogP contribution in [0, 0.1) is 0 Å². The highest BCUT2D eigenvalue weighted by Gasteiger charge is 2.38. The molecule has 134 valence electrons. The average molecular weight is 393 g/mol. The molecule has 8 heteroatoms. The molecule has 0 spiro atoms. The van der Waals surface area contributed by atoms with E-state index in [4.69, 9.17) is 4.74 Å². The van der Waals surface area contributed by atoms with Crippen LogP contribution in [0.15, 0.2) is 47.3 Å². The van der Waals surface area contributed by atoms with E-state index in [2.05, 4.69) is 65.7 Å². The summed E-state index contributed by atoms with van der Waals surface area (Å²) < 4.78 is 13.9. The van der Waals surface area contributed by atoms with Crippen LogP contribution in [-0.4, -0.2) is 31.0 Å². The van der Waals surface area contributed by atoms with Crippen molar-refractivity contribution < 1.29 is 4.74 Å². The molecular formula is C19H15N5OS2. The second-order valence-electron chi connectivity index (χ2n) is 6.31. The minimum atomic E-state index is -0.317. The summed E-state index contributed by atoms with van der Waals surface area (Å²) in [6, 6.07) is 10.5. The largest absolute Gasteiger partial charge is 0.479 e. The lowest BCUT2D eigenvalue weighted by Crippen LogP contribution is -2.30. The summed E-state index contributed by atoms with van der Waals surface area (Å²) in [7, 11) is 1.60. The quantitative estimate of drug-likeness (QED) is 0.568. The smallest absolute Gasteiger partial charge is 0.255 e. The van der Waals surface area contributed by atoms with E-state index in [1.807, 2.05) is 11.6 Å². The molecule has 0 saturated carbocycles. The summed E-state index contributed by atoms with van der Waals surface area (Å²) in [4.78, 5) is 4.64. The first kappa shape index (κ1) is 16.3. The molecule has 0 fully saturated rings. The Bertz CT molecular complexity index is 1100. The SMILES string of the molecule is COc1nsnc1-c1n[nH]c2c1C=CC(c1ccccc1)(c1cscn1)C2. The Morgan fingerprint density at radius 3 is 2.81 bits per heavy atom. The number of methoxy groups -OCH3 is 1. The summed E-state index contributed by atoms with van der Waals surface area (Å²) >= 11 is 2.73. The third-order valence-electron chi connectivity index (χ3n) is 4.93. The first-order valence-electron chi connectivity index (χ1n) is 8.39. The molecule has 27 heavy (non-hydrogen) atoms. The topological polar surface area (TPSA) is 76.6 Å². The number of aromatic nitrogens is 5. The molecular weight excluding hydrogens is 378 g/mol. The molecule has 4 aromatic rings. The molecule has 1 unspecified atom stereocenters. The van der Waals surface area contributed by atoms with Gasteiger partial charge in [-0.3, -0.25) is 5.10 Å². The molecule has 3 heterocycles. The van der Waals surface area contributed by atoms with Crippen LogP contribution in [0.5, 0.6) is 5.88 Å². The van der Waals surface area contributed by atoms with E-state index >= 15 is 0 Å². The maximum Gasteiger partial charge on any atom is 0.255 e. The molecule has 0 amide bonds. The molecule has 6 nitrogen and oxygen atoms in total. The number of nitrogens with zero attached hydrogens (tertiary/aromatic N) is 4. The fraction of sp³-hybridized carbons (Fsp3) is 0.158. The molecule has 1 atom stereocenters. The molecule has 1 aliphatic carbocycles. The van der Waals surface area contributed by atoms with Gasteiger partial charge in [0.1, 0.15) is 5.69 Å². The van der Waals surface area contributed by atoms with Crippen molar-refractivity contribution >= 4 is 29.1 Å². The standard InChI is InChI=1S/C19H15N5OS2/c1-25-18-17(23-27-24-18)16-13-7-8-19(9-14(13)21-22-16,15-10-26-11-20-15)12-5-3-2-4-6-12/h2-8,10-11H,9H2,1H3,(H,21,22). The van der Waals surface area contributed by atoms with E-state index in [9.17, 15) is 0 Å². The van der Waals surface area contributed by atoms with Crippen molar-refractivity contribution in [2.24, 2.45) is 0 Å². The third-order valence-corrected chi connectivity index (χ3v) is 6.03. The first-order valence-corrected chi connectivity index (χ1v) is 10.1. The van der Waals surface area contributed by atoms with Crippen molar-refractivity contribution in [2.75, 3.05) is 7.11 Å². The van der Waals surface area contributed by atoms with E-state index in [0.717, 1.165) is 40.8 Å². The number of nitrogens with one attached hydrogen (secondary N) is 1. The van der Waals surface area contributed by atoms with Crippen LogP contribution >= 0.6 is 23.1 Å². The normalized spacial score (nSPS) is 18.4. The van der Waals surface area contributed by atoms with Crippen LogP contribution in [0.25, 0.3) is 17.5 Å². The van der Waals surface area contributed by atoms with Crippen molar-refractivity contribution in [3.8, 4) is 17.3 Å². The fourth-order valence-corrected chi connectivity index (χ4v) is 4.75. The van der Waals surface area contributed by atoms with Gasteiger partial charge in [0.05, 0.1) is 35.5 Å². The van der Waals surface area contributed by atoms with Crippen molar-refractivity contribution in [2.45, 2.75) is 11.8 Å². The number of fused-ring (bicyclic) bond motifs is 1. The highest BCUT2D eigenvalue weighted by atomic mass is 32.1. The molecule has 1 aliphatic rings. The van der Waals surface area contributed by atoms with Crippen LogP contribution in [0.3, 0.4) is 0 Å². The molecule has 0 aliphatic heterocycles. The minimum absolute atomic E-state index is 0.317. The summed E-state index contributed by atoms with van der Waals surface area (Å²) in [5, 5.41) is 9.85. The van der Waals surface area contributed by atoms with Crippen molar-refractivity contribution in [3.05, 3.63) is 69.8 Å². The highest BCUT2D eigenvalue weighted by molar-refractivity contribution is 7.07. The van der Waals surface area contributed by atoms with Crippen LogP contribution in [0.2, 0.25) is 0 Å². The molecule has 1 N–H and O–H groups in total. The number of allylic oxidation sites excluding steroid dienone is 1. The molecule has 3 aromatic heterocycles. The van der Waals surface area contributed by atoms with E-state index in [1.54, 1.807) is 18.4 Å². The third kappa shape index (κ3) is 2.52. The van der Waals surface area contributed by atoms with Gasteiger partial charge in [0, 0.05) is 23.1 Å². The Balaban J connectivity index is 1.64. The van der Waals surface area contributed by atoms with E-state index in [-0.39, 0.29) is 5.41 Å². The summed E-state index contributed by atoms with van der Waals surface area (Å²) in [5.41, 5.74) is 7.35. The monoisotopic (exact) mass is 393 g/mol. The average Bonchev–Trinajstić information content (AvgIpc) is 3.47. The second-order valence-corrected chi connectivity index (χ2v) is 7.55. The number of hydrogen-bond acceptors (Lipinski definition) is 7. The fourth-order valence-electron chi connectivity index (χ4n) is 3.59. The predicted molar refractivity (Wildman–Crippen MR) is 106 cm³/mol. The van der Waals surface area contributed by atoms with Gasteiger partial charge >= 0.3 is 0 Å². The predicted octanol–water partition coefficient (Wildman–Crippen LogP) is 3.95. The van der Waals surface area contributed by atoms with Crippen LogP contribution < -0.4 is 4.74 Å². The Morgan fingerprint density at radius 2 is 2.04 bits per heavy atom. The Morgan fingerprint density at radius 1 is 1.15 bits per heavy atom. The van der Waals surface area contributed by atoms with Gasteiger partial charge in [-0.15, -0.1) is 15.7 Å². The van der Waals surface area contributed by atoms with Gasteiger partial charge in [-0.1, -0.05) is 42.5 Å². The lowest BCUT2D eigenvalue weighted by Gasteiger charge is -2.32. The number of thiazole rings is 1. The zero-order chi connectivity index (χ0) is 18.3. The second kappa shape index (κ2) is 6.40. The van der Waals surface area contributed by atoms with Crippen LogP contribution in [-0.2, 0) is 11.8 Å². The van der Waals surface area contributed by atoms with Gasteiger partial charge in [0.2, 0.25) is 0 Å². The number of ether oxygens (including phenoxy) is 1. The summed E-state index contributed by atoms with van der Waals surface area (Å²) in [6.45, 7) is 0. The van der Waals surface area contributed by atoms with E-state index in [1.165, 1.54) is 5.56 Å². The lowest BCUT2D eigenvalue weighted by atomic mass is 9.71. The van der Waals surface area contributed by atoms with E-state index in [0.29, 0.717) is 11.6 Å². The molecule has 0 saturated heterocycles. The van der Waals surface area contributed by atoms with Gasteiger partial charge in [-0.25, -0.2) is 4.98 Å². The van der Waals surface area contributed by atoms with Gasteiger partial charge in [0.15, 0.2) is 5.69 Å². The zero-order valence-corrected chi connectivity index (χ0v) is 16.0.